The van der Waals surface area contributed by atoms with Crippen molar-refractivity contribution in [3.8, 4) is 0 Å². The summed E-state index contributed by atoms with van der Waals surface area (Å²) in [4.78, 5) is 0. The van der Waals surface area contributed by atoms with Gasteiger partial charge in [-0.1, -0.05) is 17.7 Å². The number of hydrogen-bond acceptors (Lipinski definition) is 1. The van der Waals surface area contributed by atoms with Crippen LogP contribution >= 0.6 is 0 Å². The van der Waals surface area contributed by atoms with E-state index in [0.717, 1.165) is 18.4 Å². The average Bonchev–Trinajstić information content (AvgIpc) is 1.77. The van der Waals surface area contributed by atoms with Crippen LogP contribution in [0.5, 0.6) is 0 Å². The van der Waals surface area contributed by atoms with E-state index in [0.29, 0.717) is 0 Å². The molecule has 0 fully saturated rings. The van der Waals surface area contributed by atoms with Crippen LogP contribution in [-0.4, -0.2) is 0 Å². The largest absolute Gasteiger partial charge is 1.00 e. The Labute approximate surface area is 67.6 Å². The summed E-state index contributed by atoms with van der Waals surface area (Å²) in [5, 5.41) is 10.7. The SMILES string of the molecule is CC1=C([O-])C=CCC1.[Li+]. The fourth-order valence-electron chi connectivity index (χ4n) is 0.756. The van der Waals surface area contributed by atoms with Crippen molar-refractivity contribution in [2.45, 2.75) is 19.8 Å². The van der Waals surface area contributed by atoms with Gasteiger partial charge in [0, 0.05) is 0 Å². The van der Waals surface area contributed by atoms with Crippen LogP contribution in [0.25, 0.3) is 0 Å². The fourth-order valence-corrected chi connectivity index (χ4v) is 0.756. The van der Waals surface area contributed by atoms with Gasteiger partial charge in [0.15, 0.2) is 0 Å². The molecule has 0 aliphatic heterocycles. The summed E-state index contributed by atoms with van der Waals surface area (Å²) < 4.78 is 0. The molecule has 44 valence electrons. The van der Waals surface area contributed by atoms with Crippen molar-refractivity contribution in [1.82, 2.24) is 0 Å². The zero-order valence-electron chi connectivity index (χ0n) is 5.98. The third-order valence-corrected chi connectivity index (χ3v) is 1.38. The van der Waals surface area contributed by atoms with Crippen molar-refractivity contribution in [3.63, 3.8) is 0 Å². The van der Waals surface area contributed by atoms with Gasteiger partial charge in [-0.25, -0.2) is 0 Å². The van der Waals surface area contributed by atoms with Gasteiger partial charge < -0.3 is 5.11 Å². The van der Waals surface area contributed by atoms with Crippen LogP contribution in [0.15, 0.2) is 23.5 Å². The van der Waals surface area contributed by atoms with E-state index in [1.54, 1.807) is 6.08 Å². The Morgan fingerprint density at radius 1 is 1.56 bits per heavy atom. The molecule has 0 unspecified atom stereocenters. The summed E-state index contributed by atoms with van der Waals surface area (Å²) in [6, 6.07) is 0. The van der Waals surface area contributed by atoms with Gasteiger partial charge in [-0.05, 0) is 19.8 Å². The molecule has 2 heteroatoms. The van der Waals surface area contributed by atoms with E-state index >= 15 is 0 Å². The Kier molecular flexibility index (Phi) is 3.77. The summed E-state index contributed by atoms with van der Waals surface area (Å²) in [5.74, 6) is 0.205. The van der Waals surface area contributed by atoms with Crippen molar-refractivity contribution >= 4 is 0 Å². The maximum absolute atomic E-state index is 10.7. The van der Waals surface area contributed by atoms with Crippen molar-refractivity contribution in [1.29, 1.82) is 0 Å². The topological polar surface area (TPSA) is 23.1 Å². The molecule has 0 aromatic carbocycles. The van der Waals surface area contributed by atoms with Crippen molar-refractivity contribution in [2.75, 3.05) is 0 Å². The van der Waals surface area contributed by atoms with Crippen molar-refractivity contribution in [2.24, 2.45) is 0 Å². The predicted octanol–water partition coefficient (Wildman–Crippen LogP) is -2.03. The van der Waals surface area contributed by atoms with Crippen LogP contribution in [0.1, 0.15) is 19.8 Å². The first-order valence-corrected chi connectivity index (χ1v) is 2.84. The molecular formula is C7H9LiO. The fraction of sp³-hybridized carbons (Fsp3) is 0.429. The number of rotatable bonds is 0. The molecule has 0 heterocycles. The summed E-state index contributed by atoms with van der Waals surface area (Å²) in [7, 11) is 0. The van der Waals surface area contributed by atoms with E-state index in [2.05, 4.69) is 0 Å². The molecule has 0 spiro atoms. The minimum absolute atomic E-state index is 0. The second-order valence-corrected chi connectivity index (χ2v) is 2.09. The first-order chi connectivity index (χ1) is 3.80. The second kappa shape index (κ2) is 3.82. The van der Waals surface area contributed by atoms with Crippen LogP contribution in [-0.2, 0) is 0 Å². The molecule has 1 rings (SSSR count). The summed E-state index contributed by atoms with van der Waals surface area (Å²) in [5.41, 5.74) is 0.993. The third-order valence-electron chi connectivity index (χ3n) is 1.38. The Hall–Kier alpha value is -0.123. The monoisotopic (exact) mass is 116 g/mol. The molecule has 0 aromatic rings. The molecule has 0 atom stereocenters. The van der Waals surface area contributed by atoms with E-state index in [9.17, 15) is 5.11 Å². The van der Waals surface area contributed by atoms with E-state index < -0.39 is 0 Å². The first kappa shape index (κ1) is 8.88. The van der Waals surface area contributed by atoms with Gasteiger partial charge in [0.1, 0.15) is 0 Å². The molecule has 1 nitrogen and oxygen atoms in total. The van der Waals surface area contributed by atoms with Gasteiger partial charge in [0.2, 0.25) is 0 Å². The van der Waals surface area contributed by atoms with Gasteiger partial charge in [0.05, 0.1) is 0 Å². The van der Waals surface area contributed by atoms with Crippen LogP contribution in [0.4, 0.5) is 0 Å². The zero-order chi connectivity index (χ0) is 5.98. The maximum Gasteiger partial charge on any atom is 1.00 e. The normalized spacial score (nSPS) is 17.4. The van der Waals surface area contributed by atoms with Crippen molar-refractivity contribution in [3.05, 3.63) is 23.5 Å². The number of hydrogen-bond donors (Lipinski definition) is 0. The summed E-state index contributed by atoms with van der Waals surface area (Å²) in [6.45, 7) is 1.89. The molecule has 0 bridgehead atoms. The first-order valence-electron chi connectivity index (χ1n) is 2.84. The molecule has 0 N–H and O–H groups in total. The molecular weight excluding hydrogens is 107 g/mol. The minimum Gasteiger partial charge on any atom is -0.872 e. The smallest absolute Gasteiger partial charge is 0.872 e. The van der Waals surface area contributed by atoms with Crippen LogP contribution in [0.2, 0.25) is 0 Å². The third kappa shape index (κ3) is 2.30. The molecule has 1 aliphatic carbocycles. The van der Waals surface area contributed by atoms with Crippen LogP contribution < -0.4 is 24.0 Å². The Morgan fingerprint density at radius 3 is 2.56 bits per heavy atom. The minimum atomic E-state index is 0. The Morgan fingerprint density at radius 2 is 2.22 bits per heavy atom. The van der Waals surface area contributed by atoms with E-state index in [1.807, 2.05) is 13.0 Å². The summed E-state index contributed by atoms with van der Waals surface area (Å²) in [6.07, 6.45) is 5.57. The number of allylic oxidation sites excluding steroid dienone is 3. The van der Waals surface area contributed by atoms with Gasteiger partial charge in [-0.2, -0.15) is 0 Å². The van der Waals surface area contributed by atoms with E-state index in [-0.39, 0.29) is 24.6 Å². The van der Waals surface area contributed by atoms with Crippen LogP contribution in [0.3, 0.4) is 0 Å². The molecule has 0 radical (unpaired) electrons. The van der Waals surface area contributed by atoms with Gasteiger partial charge >= 0.3 is 18.9 Å². The van der Waals surface area contributed by atoms with Crippen LogP contribution in [0, 0.1) is 0 Å². The van der Waals surface area contributed by atoms with Crippen molar-refractivity contribution < 1.29 is 24.0 Å². The molecule has 0 saturated heterocycles. The van der Waals surface area contributed by atoms with Gasteiger partial charge in [0.25, 0.3) is 0 Å². The second-order valence-electron chi connectivity index (χ2n) is 2.09. The van der Waals surface area contributed by atoms with E-state index in [4.69, 9.17) is 0 Å². The Bertz CT molecular complexity index is 147. The zero-order valence-corrected chi connectivity index (χ0v) is 5.98. The predicted molar refractivity (Wildman–Crippen MR) is 31.1 cm³/mol. The summed E-state index contributed by atoms with van der Waals surface area (Å²) >= 11 is 0. The van der Waals surface area contributed by atoms with Gasteiger partial charge in [-0.15, -0.1) is 5.76 Å². The van der Waals surface area contributed by atoms with Gasteiger partial charge in [-0.3, -0.25) is 0 Å². The molecule has 0 aromatic heterocycles. The molecule has 9 heavy (non-hydrogen) atoms. The maximum atomic E-state index is 10.7. The van der Waals surface area contributed by atoms with E-state index in [1.165, 1.54) is 0 Å². The molecule has 0 amide bonds. The molecule has 1 aliphatic rings. The Balaban J connectivity index is 0.000000640. The standard InChI is InChI=1S/C7H10O.Li/c1-6-4-2-3-5-7(6)8;/h3,5,8H,2,4H2,1H3;/q;+1/p-1. The molecule has 0 saturated carbocycles. The average molecular weight is 116 g/mol. The quantitative estimate of drug-likeness (QED) is 0.335.